The maximum atomic E-state index is 11.7. The lowest BCUT2D eigenvalue weighted by Crippen LogP contribution is -2.35. The molecule has 1 saturated carbocycles. The lowest BCUT2D eigenvalue weighted by atomic mass is 9.79. The van der Waals surface area contributed by atoms with Crippen LogP contribution in [-0.4, -0.2) is 24.2 Å². The van der Waals surface area contributed by atoms with Crippen LogP contribution in [0.25, 0.3) is 0 Å². The number of aliphatic hydroxyl groups excluding tert-OH is 1. The van der Waals surface area contributed by atoms with Crippen LogP contribution in [-0.2, 0) is 0 Å². The fourth-order valence-electron chi connectivity index (χ4n) is 2.51. The fraction of sp³-hybridized carbons (Fsp3) is 0.615. The van der Waals surface area contributed by atoms with Crippen molar-refractivity contribution in [3.8, 4) is 0 Å². The van der Waals surface area contributed by atoms with Crippen molar-refractivity contribution < 1.29 is 14.3 Å². The third-order valence-electron chi connectivity index (χ3n) is 3.57. The summed E-state index contributed by atoms with van der Waals surface area (Å²) < 4.78 is 5.03. The van der Waals surface area contributed by atoms with Gasteiger partial charge in [0, 0.05) is 13.2 Å². The number of hydrogen-bond donors (Lipinski definition) is 2. The van der Waals surface area contributed by atoms with Crippen molar-refractivity contribution in [1.29, 1.82) is 0 Å². The second-order valence-electron chi connectivity index (χ2n) is 4.67. The van der Waals surface area contributed by atoms with E-state index in [4.69, 9.17) is 4.42 Å². The first kappa shape index (κ1) is 12.2. The first-order chi connectivity index (χ1) is 8.31. The molecule has 17 heavy (non-hydrogen) atoms. The summed E-state index contributed by atoms with van der Waals surface area (Å²) in [5, 5.41) is 12.2. The van der Waals surface area contributed by atoms with Gasteiger partial charge in [0.1, 0.15) is 0 Å². The normalized spacial score (nSPS) is 24.5. The van der Waals surface area contributed by atoms with Gasteiger partial charge in [0.05, 0.1) is 6.26 Å². The van der Waals surface area contributed by atoms with Crippen LogP contribution in [0, 0.1) is 11.8 Å². The molecule has 1 fully saturated rings. The summed E-state index contributed by atoms with van der Waals surface area (Å²) in [6.07, 6.45) is 6.03. The minimum Gasteiger partial charge on any atom is -0.459 e. The number of amides is 1. The lowest BCUT2D eigenvalue weighted by Gasteiger charge is -2.30. The zero-order valence-corrected chi connectivity index (χ0v) is 9.89. The number of furan rings is 1. The summed E-state index contributed by atoms with van der Waals surface area (Å²) >= 11 is 0. The molecule has 0 aliphatic heterocycles. The second kappa shape index (κ2) is 5.87. The van der Waals surface area contributed by atoms with Gasteiger partial charge in [0.2, 0.25) is 0 Å². The molecule has 0 bridgehead atoms. The van der Waals surface area contributed by atoms with Gasteiger partial charge in [-0.1, -0.05) is 12.8 Å². The monoisotopic (exact) mass is 237 g/mol. The van der Waals surface area contributed by atoms with Crippen LogP contribution < -0.4 is 5.32 Å². The van der Waals surface area contributed by atoms with E-state index in [9.17, 15) is 9.90 Å². The van der Waals surface area contributed by atoms with Crippen molar-refractivity contribution in [1.82, 2.24) is 5.32 Å². The largest absolute Gasteiger partial charge is 0.459 e. The van der Waals surface area contributed by atoms with E-state index in [2.05, 4.69) is 5.32 Å². The SMILES string of the molecule is O=C(NCC1CCCCC1CO)c1ccco1. The summed E-state index contributed by atoms with van der Waals surface area (Å²) in [6.45, 7) is 0.853. The van der Waals surface area contributed by atoms with E-state index in [1.165, 1.54) is 19.1 Å². The quantitative estimate of drug-likeness (QED) is 0.839. The Morgan fingerprint density at radius 3 is 2.82 bits per heavy atom. The molecule has 2 rings (SSSR count). The Morgan fingerprint density at radius 1 is 1.41 bits per heavy atom. The van der Waals surface area contributed by atoms with Gasteiger partial charge in [0.25, 0.3) is 5.91 Å². The van der Waals surface area contributed by atoms with E-state index < -0.39 is 0 Å². The summed E-state index contributed by atoms with van der Waals surface area (Å²) in [7, 11) is 0. The van der Waals surface area contributed by atoms with Crippen molar-refractivity contribution in [3.63, 3.8) is 0 Å². The van der Waals surface area contributed by atoms with Gasteiger partial charge in [0.15, 0.2) is 5.76 Å². The van der Waals surface area contributed by atoms with Crippen molar-refractivity contribution in [2.75, 3.05) is 13.2 Å². The zero-order valence-electron chi connectivity index (χ0n) is 9.89. The lowest BCUT2D eigenvalue weighted by molar-refractivity contribution is 0.0883. The highest BCUT2D eigenvalue weighted by Gasteiger charge is 2.25. The number of nitrogens with one attached hydrogen (secondary N) is 1. The van der Waals surface area contributed by atoms with E-state index in [-0.39, 0.29) is 12.5 Å². The number of carbonyl (C=O) groups excluding carboxylic acids is 1. The molecular weight excluding hydrogens is 218 g/mol. The molecule has 2 N–H and O–H groups in total. The van der Waals surface area contributed by atoms with Gasteiger partial charge in [-0.25, -0.2) is 0 Å². The van der Waals surface area contributed by atoms with Crippen LogP contribution in [0.4, 0.5) is 0 Å². The van der Waals surface area contributed by atoms with Crippen molar-refractivity contribution in [2.45, 2.75) is 25.7 Å². The van der Waals surface area contributed by atoms with Crippen molar-refractivity contribution in [3.05, 3.63) is 24.2 Å². The predicted molar refractivity (Wildman–Crippen MR) is 63.6 cm³/mol. The molecule has 0 radical (unpaired) electrons. The average Bonchev–Trinajstić information content (AvgIpc) is 2.90. The first-order valence-corrected chi connectivity index (χ1v) is 6.24. The molecular formula is C13H19NO3. The number of hydrogen-bond acceptors (Lipinski definition) is 3. The Bertz CT molecular complexity index is 348. The molecule has 0 aromatic carbocycles. The van der Waals surface area contributed by atoms with Crippen LogP contribution in [0.2, 0.25) is 0 Å². The number of carbonyl (C=O) groups is 1. The molecule has 1 aliphatic rings. The molecule has 1 heterocycles. The molecule has 1 aliphatic carbocycles. The highest BCUT2D eigenvalue weighted by molar-refractivity contribution is 5.91. The number of aliphatic hydroxyl groups is 1. The van der Waals surface area contributed by atoms with Gasteiger partial charge in [-0.2, -0.15) is 0 Å². The Kier molecular flexibility index (Phi) is 4.20. The highest BCUT2D eigenvalue weighted by atomic mass is 16.3. The van der Waals surface area contributed by atoms with Gasteiger partial charge in [-0.3, -0.25) is 4.79 Å². The molecule has 94 valence electrons. The second-order valence-corrected chi connectivity index (χ2v) is 4.67. The average molecular weight is 237 g/mol. The molecule has 0 spiro atoms. The maximum Gasteiger partial charge on any atom is 0.286 e. The minimum absolute atomic E-state index is 0.169. The summed E-state index contributed by atoms with van der Waals surface area (Å²) in [5.74, 6) is 0.909. The molecule has 2 unspecified atom stereocenters. The van der Waals surface area contributed by atoms with E-state index in [1.54, 1.807) is 12.1 Å². The smallest absolute Gasteiger partial charge is 0.286 e. The van der Waals surface area contributed by atoms with Crippen LogP contribution >= 0.6 is 0 Å². The van der Waals surface area contributed by atoms with Crippen LogP contribution in [0.5, 0.6) is 0 Å². The molecule has 0 saturated heterocycles. The summed E-state index contributed by atoms with van der Waals surface area (Å²) in [6, 6.07) is 3.35. The molecule has 1 amide bonds. The van der Waals surface area contributed by atoms with Crippen LogP contribution in [0.15, 0.2) is 22.8 Å². The Morgan fingerprint density at radius 2 is 2.18 bits per heavy atom. The highest BCUT2D eigenvalue weighted by Crippen LogP contribution is 2.29. The molecule has 4 heteroatoms. The maximum absolute atomic E-state index is 11.7. The topological polar surface area (TPSA) is 62.5 Å². The third-order valence-corrected chi connectivity index (χ3v) is 3.57. The Balaban J connectivity index is 1.82. The van der Waals surface area contributed by atoms with Gasteiger partial charge in [-0.15, -0.1) is 0 Å². The fourth-order valence-corrected chi connectivity index (χ4v) is 2.51. The Hall–Kier alpha value is -1.29. The van der Waals surface area contributed by atoms with Crippen LogP contribution in [0.3, 0.4) is 0 Å². The predicted octanol–water partition coefficient (Wildman–Crippen LogP) is 1.81. The first-order valence-electron chi connectivity index (χ1n) is 6.24. The Labute approximate surface area is 101 Å². The zero-order chi connectivity index (χ0) is 12.1. The third kappa shape index (κ3) is 3.09. The van der Waals surface area contributed by atoms with E-state index in [0.717, 1.165) is 12.8 Å². The van der Waals surface area contributed by atoms with Crippen molar-refractivity contribution in [2.24, 2.45) is 11.8 Å². The van der Waals surface area contributed by atoms with E-state index >= 15 is 0 Å². The standard InChI is InChI=1S/C13H19NO3/c15-9-11-5-2-1-4-10(11)8-14-13(16)12-6-3-7-17-12/h3,6-7,10-11,15H,1-2,4-5,8-9H2,(H,14,16). The summed E-state index contributed by atoms with van der Waals surface area (Å²) in [4.78, 5) is 11.7. The minimum atomic E-state index is -0.169. The molecule has 1 aromatic rings. The molecule has 2 atom stereocenters. The van der Waals surface area contributed by atoms with Crippen molar-refractivity contribution >= 4 is 5.91 Å². The van der Waals surface area contributed by atoms with E-state index in [1.807, 2.05) is 0 Å². The molecule has 4 nitrogen and oxygen atoms in total. The van der Waals surface area contributed by atoms with Gasteiger partial charge in [-0.05, 0) is 36.8 Å². The molecule has 1 aromatic heterocycles. The van der Waals surface area contributed by atoms with Gasteiger partial charge < -0.3 is 14.8 Å². The number of rotatable bonds is 4. The van der Waals surface area contributed by atoms with E-state index in [0.29, 0.717) is 24.1 Å². The van der Waals surface area contributed by atoms with Gasteiger partial charge >= 0.3 is 0 Å². The summed E-state index contributed by atoms with van der Waals surface area (Å²) in [5.41, 5.74) is 0. The van der Waals surface area contributed by atoms with Crippen LogP contribution in [0.1, 0.15) is 36.2 Å².